The second-order valence-corrected chi connectivity index (χ2v) is 1.64. The van der Waals surface area contributed by atoms with E-state index in [1.54, 1.807) is 6.20 Å². The van der Waals surface area contributed by atoms with Gasteiger partial charge in [-0.05, 0) is 0 Å². The zero-order valence-electron chi connectivity index (χ0n) is 4.84. The lowest BCUT2D eigenvalue weighted by atomic mass is 11.0. The van der Waals surface area contributed by atoms with Gasteiger partial charge in [0.25, 0.3) is 0 Å². The number of oxazole rings is 1. The number of nitrogens with zero attached hydrogens (tertiary/aromatic N) is 2. The molecule has 0 atom stereocenters. The molecule has 6 nitrogen and oxygen atoms in total. The molecular weight excluding hydrogens is 158 g/mol. The van der Waals surface area contributed by atoms with E-state index >= 15 is 0 Å². The summed E-state index contributed by atoms with van der Waals surface area (Å²) in [5.41, 5.74) is 0. The van der Waals surface area contributed by atoms with Gasteiger partial charge in [0, 0.05) is 0 Å². The van der Waals surface area contributed by atoms with Crippen molar-refractivity contribution < 1.29 is 12.8 Å². The number of aromatic nitrogens is 1. The molecule has 0 aliphatic rings. The monoisotopic (exact) mass is 163 g/mol. The average Bonchev–Trinajstić information content (AvgIpc) is 2.43. The molecule has 1 aromatic heterocycles. The van der Waals surface area contributed by atoms with Crippen LogP contribution in [0, 0.1) is 0 Å². The first-order valence-electron chi connectivity index (χ1n) is 2.10. The van der Waals surface area contributed by atoms with Gasteiger partial charge in [-0.25, -0.2) is 10.8 Å². The van der Waals surface area contributed by atoms with Crippen LogP contribution in [0.2, 0.25) is 0 Å². The lowest BCUT2D eigenvalue weighted by Gasteiger charge is -1.47. The van der Waals surface area contributed by atoms with Crippen molar-refractivity contribution in [2.45, 2.75) is 0 Å². The summed E-state index contributed by atoms with van der Waals surface area (Å²) < 4.78 is 24.9. The van der Waals surface area contributed by atoms with E-state index in [9.17, 15) is 0 Å². The van der Waals surface area contributed by atoms with Crippen LogP contribution in [0.25, 0.3) is 0 Å². The van der Waals surface area contributed by atoms with Crippen molar-refractivity contribution >= 4 is 10.5 Å². The zero-order valence-corrected chi connectivity index (χ0v) is 5.65. The van der Waals surface area contributed by atoms with Crippen molar-refractivity contribution in [1.29, 1.82) is 0 Å². The summed E-state index contributed by atoms with van der Waals surface area (Å²) in [6.07, 6.45) is 4.47. The maximum atomic E-state index is 9.08. The van der Waals surface area contributed by atoms with Gasteiger partial charge in [0.15, 0.2) is 6.39 Å². The lowest BCUT2D eigenvalue weighted by Crippen LogP contribution is -1.73. The third kappa shape index (κ3) is 6.79. The molecule has 0 radical (unpaired) electrons. The standard InChI is InChI=1S/C3H3NO.H2N2O2S/c1-2-5-3-4-1;1-2-5(3)4/h1-3H;1H2. The molecule has 1 rings (SSSR count). The highest BCUT2D eigenvalue weighted by Gasteiger charge is 1.59. The Morgan fingerprint density at radius 2 is 2.20 bits per heavy atom. The van der Waals surface area contributed by atoms with Crippen LogP contribution in [-0.2, 0) is 10.5 Å². The van der Waals surface area contributed by atoms with Crippen LogP contribution in [0.4, 0.5) is 0 Å². The molecule has 7 heteroatoms. The summed E-state index contributed by atoms with van der Waals surface area (Å²) in [6.45, 7) is 0. The third-order valence-corrected chi connectivity index (χ3v) is 0.605. The van der Waals surface area contributed by atoms with E-state index in [2.05, 4.69) is 19.7 Å². The quantitative estimate of drug-likeness (QED) is 0.414. The first kappa shape index (κ1) is 8.79. The lowest BCUT2D eigenvalue weighted by molar-refractivity contribution is 0.558. The van der Waals surface area contributed by atoms with E-state index in [1.807, 2.05) is 0 Å². The topological polar surface area (TPSA) is 98.5 Å². The fourth-order valence-corrected chi connectivity index (χ4v) is 0.176. The molecule has 0 aliphatic heterocycles. The minimum atomic E-state index is -2.42. The Balaban J connectivity index is 0.000000162. The number of hydrogen-bond donors (Lipinski definition) is 1. The van der Waals surface area contributed by atoms with E-state index in [4.69, 9.17) is 8.42 Å². The number of hydrogen-bond acceptors (Lipinski definition) is 5. The smallest absolute Gasteiger partial charge is 0.327 e. The normalized spacial score (nSPS) is 7.30. The molecule has 0 spiro atoms. The molecular formula is C3H5N3O3S. The Bertz CT molecular complexity index is 238. The van der Waals surface area contributed by atoms with Crippen molar-refractivity contribution in [2.24, 2.45) is 10.3 Å². The van der Waals surface area contributed by atoms with E-state index < -0.39 is 10.5 Å². The van der Waals surface area contributed by atoms with E-state index in [1.165, 1.54) is 12.7 Å². The highest BCUT2D eigenvalue weighted by Crippen LogP contribution is 1.72. The Hall–Kier alpha value is -1.21. The van der Waals surface area contributed by atoms with Crippen molar-refractivity contribution in [3.8, 4) is 0 Å². The fourth-order valence-electron chi connectivity index (χ4n) is 0.176. The SMILES string of the molecule is NN=S(=O)=O.c1cocn1. The first-order valence-corrected chi connectivity index (χ1v) is 3.13. The Morgan fingerprint density at radius 3 is 2.30 bits per heavy atom. The Labute approximate surface area is 58.4 Å². The van der Waals surface area contributed by atoms with Gasteiger partial charge in [0.05, 0.1) is 6.20 Å². The zero-order chi connectivity index (χ0) is 7.82. The highest BCUT2D eigenvalue weighted by atomic mass is 32.2. The van der Waals surface area contributed by atoms with E-state index in [-0.39, 0.29) is 0 Å². The molecule has 0 aromatic carbocycles. The molecule has 1 aromatic rings. The molecule has 56 valence electrons. The van der Waals surface area contributed by atoms with E-state index in [0.29, 0.717) is 0 Å². The third-order valence-electron chi connectivity index (χ3n) is 0.433. The molecule has 0 unspecified atom stereocenters. The van der Waals surface area contributed by atoms with Crippen LogP contribution in [0.5, 0.6) is 0 Å². The molecule has 0 amide bonds. The summed E-state index contributed by atoms with van der Waals surface area (Å²) in [5, 5.41) is 0. The highest BCUT2D eigenvalue weighted by molar-refractivity contribution is 7.61. The van der Waals surface area contributed by atoms with Crippen LogP contribution < -0.4 is 5.84 Å². The maximum Gasteiger partial charge on any atom is 0.327 e. The van der Waals surface area contributed by atoms with Crippen molar-refractivity contribution in [2.75, 3.05) is 0 Å². The summed E-state index contributed by atoms with van der Waals surface area (Å²) >= 11 is 0. The van der Waals surface area contributed by atoms with Crippen LogP contribution >= 0.6 is 0 Å². The van der Waals surface area contributed by atoms with Gasteiger partial charge < -0.3 is 4.42 Å². The molecule has 0 saturated heterocycles. The van der Waals surface area contributed by atoms with Gasteiger partial charge in [-0.15, -0.1) is 0 Å². The van der Waals surface area contributed by atoms with Crippen LogP contribution in [0.1, 0.15) is 0 Å². The van der Waals surface area contributed by atoms with Crippen LogP contribution in [-0.4, -0.2) is 13.4 Å². The maximum absolute atomic E-state index is 9.08. The van der Waals surface area contributed by atoms with Crippen molar-refractivity contribution in [1.82, 2.24) is 4.98 Å². The van der Waals surface area contributed by atoms with Gasteiger partial charge in [0.2, 0.25) is 0 Å². The van der Waals surface area contributed by atoms with Crippen LogP contribution in [0.15, 0.2) is 27.7 Å². The average molecular weight is 163 g/mol. The van der Waals surface area contributed by atoms with Gasteiger partial charge in [-0.3, -0.25) is 0 Å². The summed E-state index contributed by atoms with van der Waals surface area (Å²) in [7, 11) is -2.42. The number of nitrogens with two attached hydrogens (primary N) is 1. The minimum Gasteiger partial charge on any atom is -0.452 e. The van der Waals surface area contributed by atoms with Gasteiger partial charge >= 0.3 is 10.5 Å². The second kappa shape index (κ2) is 5.92. The van der Waals surface area contributed by atoms with Crippen molar-refractivity contribution in [3.05, 3.63) is 18.9 Å². The summed E-state index contributed by atoms with van der Waals surface area (Å²) in [4.78, 5) is 3.56. The minimum absolute atomic E-state index is 1.38. The Kier molecular flexibility index (Phi) is 5.20. The summed E-state index contributed by atoms with van der Waals surface area (Å²) in [5.74, 6) is 4.18. The molecule has 2 N–H and O–H groups in total. The molecule has 10 heavy (non-hydrogen) atoms. The predicted molar refractivity (Wildman–Crippen MR) is 32.0 cm³/mol. The number of rotatable bonds is 0. The second-order valence-electron chi connectivity index (χ2n) is 0.998. The fraction of sp³-hybridized carbons (Fsp3) is 0. The Morgan fingerprint density at radius 1 is 1.60 bits per heavy atom. The molecule has 1 heterocycles. The van der Waals surface area contributed by atoms with Gasteiger partial charge in [0.1, 0.15) is 6.26 Å². The molecule has 0 bridgehead atoms. The molecule has 0 aliphatic carbocycles. The largest absolute Gasteiger partial charge is 0.452 e. The molecule has 0 saturated carbocycles. The van der Waals surface area contributed by atoms with Gasteiger partial charge in [-0.2, -0.15) is 8.42 Å². The van der Waals surface area contributed by atoms with E-state index in [0.717, 1.165) is 0 Å². The van der Waals surface area contributed by atoms with Gasteiger partial charge in [-0.1, -0.05) is 4.47 Å². The van der Waals surface area contributed by atoms with Crippen LogP contribution in [0.3, 0.4) is 0 Å². The molecule has 0 fully saturated rings. The predicted octanol–water partition coefficient (Wildman–Crippen LogP) is -0.403. The van der Waals surface area contributed by atoms with Crippen molar-refractivity contribution in [3.63, 3.8) is 0 Å². The first-order chi connectivity index (χ1) is 4.77. The summed E-state index contributed by atoms with van der Waals surface area (Å²) in [6, 6.07) is 0.